The first kappa shape index (κ1) is 17.6. The van der Waals surface area contributed by atoms with E-state index in [-0.39, 0.29) is 0 Å². The van der Waals surface area contributed by atoms with Gasteiger partial charge < -0.3 is 20.1 Å². The van der Waals surface area contributed by atoms with Crippen LogP contribution in [0.4, 0.5) is 0 Å². The summed E-state index contributed by atoms with van der Waals surface area (Å²) < 4.78 is 11.2. The molecule has 2 N–H and O–H groups in total. The molecule has 1 heterocycles. The molecule has 0 amide bonds. The van der Waals surface area contributed by atoms with E-state index in [0.29, 0.717) is 26.3 Å². The summed E-state index contributed by atoms with van der Waals surface area (Å²) in [6.07, 6.45) is 3.41. The number of ether oxygens (including phenoxy) is 2. The number of aliphatic imine (C=N–C) groups is 1. The molecule has 0 unspecified atom stereocenters. The van der Waals surface area contributed by atoms with Gasteiger partial charge in [0, 0.05) is 25.4 Å². The maximum absolute atomic E-state index is 5.62. The van der Waals surface area contributed by atoms with Crippen LogP contribution in [0.3, 0.4) is 0 Å². The number of rotatable bonds is 8. The third-order valence-electron chi connectivity index (χ3n) is 3.24. The van der Waals surface area contributed by atoms with Crippen molar-refractivity contribution in [2.24, 2.45) is 4.99 Å². The summed E-state index contributed by atoms with van der Waals surface area (Å²) in [5.74, 6) is 2.37. The van der Waals surface area contributed by atoms with Gasteiger partial charge in [0.15, 0.2) is 5.96 Å². The van der Waals surface area contributed by atoms with Gasteiger partial charge in [-0.3, -0.25) is 9.98 Å². The first-order valence-electron chi connectivity index (χ1n) is 8.01. The lowest BCUT2D eigenvalue weighted by molar-refractivity contribution is 0.320. The summed E-state index contributed by atoms with van der Waals surface area (Å²) in [5.41, 5.74) is 1.09. The minimum absolute atomic E-state index is 0.530. The summed E-state index contributed by atoms with van der Waals surface area (Å²) in [6, 6.07) is 11.7. The molecule has 1 aromatic heterocycles. The Bertz CT molecular complexity index is 632. The van der Waals surface area contributed by atoms with E-state index in [9.17, 15) is 0 Å². The van der Waals surface area contributed by atoms with Gasteiger partial charge in [0.2, 0.25) is 0 Å². The molecule has 6 heteroatoms. The Labute approximate surface area is 142 Å². The minimum Gasteiger partial charge on any atom is -0.494 e. The highest BCUT2D eigenvalue weighted by molar-refractivity contribution is 5.79. The molecular formula is C18H24N4O2. The zero-order valence-corrected chi connectivity index (χ0v) is 14.2. The predicted molar refractivity (Wildman–Crippen MR) is 95.5 cm³/mol. The van der Waals surface area contributed by atoms with Gasteiger partial charge in [-0.25, -0.2) is 0 Å². The van der Waals surface area contributed by atoms with Crippen LogP contribution in [0.25, 0.3) is 0 Å². The fourth-order valence-electron chi connectivity index (χ4n) is 2.12. The molecule has 0 atom stereocenters. The van der Waals surface area contributed by atoms with Crippen LogP contribution in [-0.4, -0.2) is 37.7 Å². The average Bonchev–Trinajstić information content (AvgIpc) is 2.63. The van der Waals surface area contributed by atoms with Crippen LogP contribution in [0.5, 0.6) is 11.5 Å². The van der Waals surface area contributed by atoms with Crippen molar-refractivity contribution < 1.29 is 9.47 Å². The van der Waals surface area contributed by atoms with E-state index >= 15 is 0 Å². The smallest absolute Gasteiger partial charge is 0.191 e. The Morgan fingerprint density at radius 3 is 2.75 bits per heavy atom. The van der Waals surface area contributed by atoms with Crippen molar-refractivity contribution in [1.29, 1.82) is 0 Å². The largest absolute Gasteiger partial charge is 0.494 e. The predicted octanol–water partition coefficient (Wildman–Crippen LogP) is 2.22. The number of guanidine groups is 1. The Kier molecular flexibility index (Phi) is 7.40. The number of hydrogen-bond donors (Lipinski definition) is 2. The maximum atomic E-state index is 5.62. The fourth-order valence-corrected chi connectivity index (χ4v) is 2.12. The van der Waals surface area contributed by atoms with Crippen LogP contribution in [0, 0.1) is 0 Å². The molecule has 0 saturated carbocycles. The molecule has 24 heavy (non-hydrogen) atoms. The molecule has 1 aromatic carbocycles. The normalized spacial score (nSPS) is 11.0. The van der Waals surface area contributed by atoms with E-state index in [1.54, 1.807) is 19.4 Å². The Balaban J connectivity index is 1.74. The monoisotopic (exact) mass is 328 g/mol. The van der Waals surface area contributed by atoms with Crippen LogP contribution in [0.15, 0.2) is 53.8 Å². The molecule has 0 fully saturated rings. The van der Waals surface area contributed by atoms with Crippen molar-refractivity contribution >= 4 is 5.96 Å². The van der Waals surface area contributed by atoms with Gasteiger partial charge in [0.05, 0.1) is 19.3 Å². The first-order valence-corrected chi connectivity index (χ1v) is 8.01. The zero-order chi connectivity index (χ0) is 17.0. The van der Waals surface area contributed by atoms with Gasteiger partial charge >= 0.3 is 0 Å². The minimum atomic E-state index is 0.530. The second-order valence-corrected chi connectivity index (χ2v) is 4.93. The second kappa shape index (κ2) is 10.1. The van der Waals surface area contributed by atoms with Crippen LogP contribution < -0.4 is 20.1 Å². The van der Waals surface area contributed by atoms with Crippen LogP contribution in [0.1, 0.15) is 12.5 Å². The van der Waals surface area contributed by atoms with E-state index in [4.69, 9.17) is 9.47 Å². The fraction of sp³-hybridized carbons (Fsp3) is 0.333. The molecule has 6 nitrogen and oxygen atoms in total. The lowest BCUT2D eigenvalue weighted by Gasteiger charge is -2.14. The molecule has 0 radical (unpaired) electrons. The van der Waals surface area contributed by atoms with Gasteiger partial charge in [-0.2, -0.15) is 0 Å². The van der Waals surface area contributed by atoms with E-state index < -0.39 is 0 Å². The van der Waals surface area contributed by atoms with Gasteiger partial charge in [0.25, 0.3) is 0 Å². The third-order valence-corrected chi connectivity index (χ3v) is 3.24. The van der Waals surface area contributed by atoms with Crippen LogP contribution in [-0.2, 0) is 6.54 Å². The van der Waals surface area contributed by atoms with Crippen molar-refractivity contribution in [3.63, 3.8) is 0 Å². The molecule has 0 aliphatic heterocycles. The molecule has 0 bridgehead atoms. The Hall–Kier alpha value is -2.76. The van der Waals surface area contributed by atoms with E-state index in [1.165, 1.54) is 0 Å². The van der Waals surface area contributed by atoms with Gasteiger partial charge in [-0.15, -0.1) is 0 Å². The van der Waals surface area contributed by atoms with Crippen molar-refractivity contribution in [1.82, 2.24) is 15.6 Å². The molecule has 0 aliphatic rings. The van der Waals surface area contributed by atoms with Crippen LogP contribution >= 0.6 is 0 Å². The Morgan fingerprint density at radius 2 is 2.00 bits per heavy atom. The number of nitrogens with one attached hydrogen (secondary N) is 2. The molecule has 0 aliphatic carbocycles. The van der Waals surface area contributed by atoms with E-state index in [2.05, 4.69) is 20.6 Å². The number of aromatic nitrogens is 1. The number of pyridine rings is 1. The number of para-hydroxylation sites is 1. The highest BCUT2D eigenvalue weighted by Crippen LogP contribution is 2.17. The molecule has 0 saturated heterocycles. The summed E-state index contributed by atoms with van der Waals surface area (Å²) >= 11 is 0. The van der Waals surface area contributed by atoms with Gasteiger partial charge in [0.1, 0.15) is 18.1 Å². The number of hydrogen-bond acceptors (Lipinski definition) is 4. The third kappa shape index (κ3) is 5.79. The molecule has 128 valence electrons. The highest BCUT2D eigenvalue weighted by Gasteiger charge is 2.04. The average molecular weight is 328 g/mol. The summed E-state index contributed by atoms with van der Waals surface area (Å²) in [6.45, 7) is 4.44. The zero-order valence-electron chi connectivity index (χ0n) is 14.2. The molecule has 0 spiro atoms. The van der Waals surface area contributed by atoms with Crippen LogP contribution in [0.2, 0.25) is 0 Å². The van der Waals surface area contributed by atoms with E-state index in [0.717, 1.165) is 23.0 Å². The number of benzene rings is 1. The standard InChI is InChI=1S/C18H24N4O2/c1-3-23-17-9-5-4-7-15(17)13-22-18(19-2)21-11-12-24-16-8-6-10-20-14-16/h4-10,14H,3,11-13H2,1-2H3,(H2,19,21,22). The van der Waals surface area contributed by atoms with Gasteiger partial charge in [-0.05, 0) is 25.1 Å². The SMILES string of the molecule is CCOc1ccccc1CNC(=NC)NCCOc1cccnc1. The topological polar surface area (TPSA) is 67.8 Å². The summed E-state index contributed by atoms with van der Waals surface area (Å²) in [5, 5.41) is 6.49. The highest BCUT2D eigenvalue weighted by atomic mass is 16.5. The van der Waals surface area contributed by atoms with Crippen molar-refractivity contribution in [3.05, 3.63) is 54.4 Å². The lowest BCUT2D eigenvalue weighted by atomic mass is 10.2. The van der Waals surface area contributed by atoms with Crippen molar-refractivity contribution in [2.75, 3.05) is 26.8 Å². The summed E-state index contributed by atoms with van der Waals surface area (Å²) in [7, 11) is 1.74. The molecule has 2 rings (SSSR count). The quantitative estimate of drug-likeness (QED) is 0.442. The van der Waals surface area contributed by atoms with Crippen molar-refractivity contribution in [3.8, 4) is 11.5 Å². The Morgan fingerprint density at radius 1 is 1.12 bits per heavy atom. The summed E-state index contributed by atoms with van der Waals surface area (Å²) in [4.78, 5) is 8.22. The second-order valence-electron chi connectivity index (χ2n) is 4.93. The van der Waals surface area contributed by atoms with Crippen molar-refractivity contribution in [2.45, 2.75) is 13.5 Å². The molecule has 2 aromatic rings. The number of nitrogens with zero attached hydrogens (tertiary/aromatic N) is 2. The van der Waals surface area contributed by atoms with Gasteiger partial charge in [-0.1, -0.05) is 18.2 Å². The molecular weight excluding hydrogens is 304 g/mol. The first-order chi connectivity index (χ1) is 11.8. The lowest BCUT2D eigenvalue weighted by Crippen LogP contribution is -2.38. The maximum Gasteiger partial charge on any atom is 0.191 e. The van der Waals surface area contributed by atoms with E-state index in [1.807, 2.05) is 43.3 Å².